The van der Waals surface area contributed by atoms with Crippen LogP contribution >= 0.6 is 0 Å². The van der Waals surface area contributed by atoms with Crippen LogP contribution in [0.5, 0.6) is 5.75 Å². The maximum atomic E-state index is 13.7. The van der Waals surface area contributed by atoms with Gasteiger partial charge in [-0.25, -0.2) is 4.39 Å². The predicted octanol–water partition coefficient (Wildman–Crippen LogP) is 2.13. The first-order valence-corrected chi connectivity index (χ1v) is 6.37. The van der Waals surface area contributed by atoms with Crippen LogP contribution in [0.25, 0.3) is 0 Å². The van der Waals surface area contributed by atoms with Crippen LogP contribution in [0, 0.1) is 11.7 Å². The van der Waals surface area contributed by atoms with Crippen LogP contribution in [0.4, 0.5) is 4.39 Å². The molecule has 0 aromatic heterocycles. The van der Waals surface area contributed by atoms with Crippen molar-refractivity contribution in [2.24, 2.45) is 5.92 Å². The summed E-state index contributed by atoms with van der Waals surface area (Å²) in [6.45, 7) is 1.87. The normalized spacial score (nSPS) is 17.4. The topological polar surface area (TPSA) is 49.8 Å². The third-order valence-electron chi connectivity index (χ3n) is 3.58. The molecule has 1 aromatic rings. The summed E-state index contributed by atoms with van der Waals surface area (Å²) in [6.07, 6.45) is 1.25. The summed E-state index contributed by atoms with van der Waals surface area (Å²) >= 11 is 0. The van der Waals surface area contributed by atoms with E-state index in [4.69, 9.17) is 9.84 Å². The fraction of sp³-hybridized carbons (Fsp3) is 0.500. The van der Waals surface area contributed by atoms with Gasteiger partial charge in [0.2, 0.25) is 0 Å². The number of halogens is 1. The van der Waals surface area contributed by atoms with Crippen molar-refractivity contribution in [3.63, 3.8) is 0 Å². The van der Waals surface area contributed by atoms with Crippen LogP contribution in [0.3, 0.4) is 0 Å². The number of aliphatic carboxylic acids is 1. The maximum absolute atomic E-state index is 13.7. The zero-order chi connectivity index (χ0) is 13.8. The Bertz CT molecular complexity index is 456. The summed E-state index contributed by atoms with van der Waals surface area (Å²) < 4.78 is 18.8. The van der Waals surface area contributed by atoms with E-state index in [1.807, 2.05) is 0 Å². The number of hydrogen-bond donors (Lipinski definition) is 1. The van der Waals surface area contributed by atoms with Crippen LogP contribution < -0.4 is 4.74 Å². The molecule has 0 aliphatic carbocycles. The zero-order valence-corrected chi connectivity index (χ0v) is 10.9. The van der Waals surface area contributed by atoms with E-state index in [1.54, 1.807) is 19.2 Å². The number of hydrogen-bond acceptors (Lipinski definition) is 3. The molecule has 19 heavy (non-hydrogen) atoms. The number of carboxylic acid groups (broad SMARTS) is 1. The van der Waals surface area contributed by atoms with Gasteiger partial charge in [0.05, 0.1) is 13.0 Å². The summed E-state index contributed by atoms with van der Waals surface area (Å²) in [4.78, 5) is 12.9. The average molecular weight is 267 g/mol. The highest BCUT2D eigenvalue weighted by atomic mass is 19.1. The van der Waals surface area contributed by atoms with Crippen LogP contribution in [0.15, 0.2) is 18.2 Å². The Balaban J connectivity index is 1.97. The highest BCUT2D eigenvalue weighted by Gasteiger charge is 2.24. The number of ether oxygens (including phenoxy) is 1. The van der Waals surface area contributed by atoms with E-state index in [1.165, 1.54) is 6.07 Å². The number of carbonyl (C=O) groups is 1. The second-order valence-corrected chi connectivity index (χ2v) is 4.85. The molecular weight excluding hydrogens is 249 g/mol. The molecule has 0 spiro atoms. The first kappa shape index (κ1) is 13.8. The van der Waals surface area contributed by atoms with Crippen LogP contribution in [-0.4, -0.2) is 36.2 Å². The fourth-order valence-electron chi connectivity index (χ4n) is 2.38. The van der Waals surface area contributed by atoms with Crippen LogP contribution in [-0.2, 0) is 11.3 Å². The minimum absolute atomic E-state index is 0.249. The van der Waals surface area contributed by atoms with Gasteiger partial charge in [0.1, 0.15) is 11.6 Å². The summed E-state index contributed by atoms with van der Waals surface area (Å²) in [7, 11) is 1.55. The summed E-state index contributed by atoms with van der Waals surface area (Å²) in [5.74, 6) is -0.600. The standard InChI is InChI=1S/C14H18FNO3/c1-19-12-2-3-13(15)11(8-12)9-16-6-4-10(5-7-16)14(17)18/h2-3,8,10H,4-7,9H2,1H3,(H,17,18). The van der Waals surface area contributed by atoms with E-state index in [0.29, 0.717) is 43.8 Å². The van der Waals surface area contributed by atoms with Crippen molar-refractivity contribution in [1.82, 2.24) is 4.90 Å². The molecule has 4 nitrogen and oxygen atoms in total. The van der Waals surface area contributed by atoms with Crippen molar-refractivity contribution in [2.75, 3.05) is 20.2 Å². The monoisotopic (exact) mass is 267 g/mol. The first-order chi connectivity index (χ1) is 9.10. The number of carboxylic acids is 1. The van der Waals surface area contributed by atoms with Gasteiger partial charge >= 0.3 is 5.97 Å². The Morgan fingerprint density at radius 2 is 2.16 bits per heavy atom. The van der Waals surface area contributed by atoms with Crippen molar-refractivity contribution < 1.29 is 19.0 Å². The Hall–Kier alpha value is -1.62. The molecule has 1 saturated heterocycles. The molecule has 1 aliphatic rings. The summed E-state index contributed by atoms with van der Waals surface area (Å²) in [6, 6.07) is 4.69. The summed E-state index contributed by atoms with van der Waals surface area (Å²) in [5, 5.41) is 8.93. The molecule has 0 radical (unpaired) electrons. The van der Waals surface area contributed by atoms with Crippen molar-refractivity contribution in [1.29, 1.82) is 0 Å². The molecule has 2 rings (SSSR count). The molecule has 1 fully saturated rings. The van der Waals surface area contributed by atoms with Gasteiger partial charge in [-0.05, 0) is 44.1 Å². The van der Waals surface area contributed by atoms with Crippen LogP contribution in [0.1, 0.15) is 18.4 Å². The fourth-order valence-corrected chi connectivity index (χ4v) is 2.38. The minimum atomic E-state index is -0.729. The molecule has 104 valence electrons. The van der Waals surface area contributed by atoms with E-state index in [2.05, 4.69) is 4.90 Å². The molecule has 0 amide bonds. The number of likely N-dealkylation sites (tertiary alicyclic amines) is 1. The van der Waals surface area contributed by atoms with Gasteiger partial charge < -0.3 is 9.84 Å². The van der Waals surface area contributed by atoms with E-state index in [9.17, 15) is 9.18 Å². The third kappa shape index (κ3) is 3.44. The molecule has 0 atom stereocenters. The second-order valence-electron chi connectivity index (χ2n) is 4.85. The quantitative estimate of drug-likeness (QED) is 0.908. The number of rotatable bonds is 4. The molecule has 1 heterocycles. The molecule has 0 saturated carbocycles. The average Bonchev–Trinajstić information content (AvgIpc) is 2.42. The molecule has 0 unspecified atom stereocenters. The van der Waals surface area contributed by atoms with Crippen molar-refractivity contribution in [3.8, 4) is 5.75 Å². The lowest BCUT2D eigenvalue weighted by Crippen LogP contribution is -2.36. The van der Waals surface area contributed by atoms with Gasteiger partial charge in [-0.3, -0.25) is 9.69 Å². The lowest BCUT2D eigenvalue weighted by molar-refractivity contribution is -0.143. The minimum Gasteiger partial charge on any atom is -0.497 e. The van der Waals surface area contributed by atoms with Gasteiger partial charge in [-0.2, -0.15) is 0 Å². The summed E-state index contributed by atoms with van der Waals surface area (Å²) in [5.41, 5.74) is 0.591. The van der Waals surface area contributed by atoms with Gasteiger partial charge in [0.15, 0.2) is 0 Å². The SMILES string of the molecule is COc1ccc(F)c(CN2CCC(C(=O)O)CC2)c1. The Morgan fingerprint density at radius 1 is 1.47 bits per heavy atom. The predicted molar refractivity (Wildman–Crippen MR) is 68.6 cm³/mol. The lowest BCUT2D eigenvalue weighted by Gasteiger charge is -2.30. The molecular formula is C14H18FNO3. The number of piperidine rings is 1. The van der Waals surface area contributed by atoms with E-state index in [0.717, 1.165) is 0 Å². The Morgan fingerprint density at radius 3 is 2.74 bits per heavy atom. The lowest BCUT2D eigenvalue weighted by atomic mass is 9.97. The van der Waals surface area contributed by atoms with E-state index in [-0.39, 0.29) is 11.7 Å². The first-order valence-electron chi connectivity index (χ1n) is 6.37. The van der Waals surface area contributed by atoms with Gasteiger partial charge in [0, 0.05) is 12.1 Å². The number of methoxy groups -OCH3 is 1. The van der Waals surface area contributed by atoms with Crippen molar-refractivity contribution in [3.05, 3.63) is 29.6 Å². The molecule has 1 aliphatic heterocycles. The van der Waals surface area contributed by atoms with Crippen molar-refractivity contribution in [2.45, 2.75) is 19.4 Å². The van der Waals surface area contributed by atoms with Gasteiger partial charge in [-0.15, -0.1) is 0 Å². The molecule has 5 heteroatoms. The van der Waals surface area contributed by atoms with Gasteiger partial charge in [-0.1, -0.05) is 0 Å². The molecule has 1 N–H and O–H groups in total. The van der Waals surface area contributed by atoms with E-state index >= 15 is 0 Å². The Kier molecular flexibility index (Phi) is 4.37. The van der Waals surface area contributed by atoms with Crippen LogP contribution in [0.2, 0.25) is 0 Å². The Labute approximate surface area is 111 Å². The maximum Gasteiger partial charge on any atom is 0.306 e. The van der Waals surface area contributed by atoms with Gasteiger partial charge in [0.25, 0.3) is 0 Å². The highest BCUT2D eigenvalue weighted by molar-refractivity contribution is 5.70. The second kappa shape index (κ2) is 6.02. The molecule has 0 bridgehead atoms. The molecule has 1 aromatic carbocycles. The van der Waals surface area contributed by atoms with Crippen molar-refractivity contribution >= 4 is 5.97 Å². The largest absolute Gasteiger partial charge is 0.497 e. The zero-order valence-electron chi connectivity index (χ0n) is 10.9. The van der Waals surface area contributed by atoms with E-state index < -0.39 is 5.97 Å². The highest BCUT2D eigenvalue weighted by Crippen LogP contribution is 2.22. The third-order valence-corrected chi connectivity index (χ3v) is 3.58. The smallest absolute Gasteiger partial charge is 0.306 e. The number of benzene rings is 1. The number of nitrogens with zero attached hydrogens (tertiary/aromatic N) is 1.